The molecule has 0 radical (unpaired) electrons. The van der Waals surface area contributed by atoms with Crippen LogP contribution in [0.3, 0.4) is 0 Å². The fourth-order valence-electron chi connectivity index (χ4n) is 1.48. The summed E-state index contributed by atoms with van der Waals surface area (Å²) in [7, 11) is 0. The maximum absolute atomic E-state index is 11.6. The van der Waals surface area contributed by atoms with Crippen molar-refractivity contribution in [3.63, 3.8) is 0 Å². The van der Waals surface area contributed by atoms with E-state index in [4.69, 9.17) is 4.74 Å². The molecule has 0 bridgehead atoms. The number of aliphatic hydroxyl groups excluding tert-OH is 2. The van der Waals surface area contributed by atoms with Crippen LogP contribution in [0.15, 0.2) is 0 Å². The second kappa shape index (κ2) is 8.21. The first-order chi connectivity index (χ1) is 8.33. The summed E-state index contributed by atoms with van der Waals surface area (Å²) in [6, 6.07) is 0. The third kappa shape index (κ3) is 5.60. The monoisotopic (exact) mass is 260 g/mol. The second-order valence-corrected chi connectivity index (χ2v) is 4.58. The van der Waals surface area contributed by atoms with Crippen molar-refractivity contribution in [1.29, 1.82) is 0 Å². The van der Waals surface area contributed by atoms with Crippen molar-refractivity contribution < 1.29 is 24.5 Å². The van der Waals surface area contributed by atoms with Crippen molar-refractivity contribution in [2.24, 2.45) is 5.92 Å². The highest BCUT2D eigenvalue weighted by molar-refractivity contribution is 5.96. The van der Waals surface area contributed by atoms with Crippen LogP contribution in [-0.2, 0) is 14.3 Å². The Morgan fingerprint density at radius 3 is 2.06 bits per heavy atom. The number of ether oxygens (including phenoxy) is 1. The molecular weight excluding hydrogens is 236 g/mol. The standard InChI is InChI=1S/C13H24O5/c1-5-10(15)12(6-2)18-13(17)7-11(16)8(3)9(4)14/h8-10,12,14-15H,5-7H2,1-4H3. The van der Waals surface area contributed by atoms with Gasteiger partial charge in [0.2, 0.25) is 0 Å². The highest BCUT2D eigenvalue weighted by Crippen LogP contribution is 2.11. The molecule has 4 atom stereocenters. The number of hydrogen-bond acceptors (Lipinski definition) is 5. The minimum atomic E-state index is -0.784. The van der Waals surface area contributed by atoms with E-state index in [0.717, 1.165) is 0 Å². The van der Waals surface area contributed by atoms with E-state index >= 15 is 0 Å². The SMILES string of the molecule is CCC(O)C(CC)OC(=O)CC(=O)C(C)C(C)O. The number of hydrogen-bond donors (Lipinski definition) is 2. The molecule has 2 N–H and O–H groups in total. The molecule has 0 aromatic carbocycles. The number of ketones is 1. The van der Waals surface area contributed by atoms with E-state index in [0.29, 0.717) is 12.8 Å². The molecule has 18 heavy (non-hydrogen) atoms. The zero-order valence-electron chi connectivity index (χ0n) is 11.5. The van der Waals surface area contributed by atoms with Crippen LogP contribution in [0.2, 0.25) is 0 Å². The average Bonchev–Trinajstić information content (AvgIpc) is 2.33. The lowest BCUT2D eigenvalue weighted by atomic mass is 9.99. The molecule has 106 valence electrons. The maximum atomic E-state index is 11.6. The van der Waals surface area contributed by atoms with Gasteiger partial charge in [0.15, 0.2) is 0 Å². The Balaban J connectivity index is 4.29. The number of aliphatic hydroxyl groups is 2. The van der Waals surface area contributed by atoms with Gasteiger partial charge in [0.1, 0.15) is 18.3 Å². The Kier molecular flexibility index (Phi) is 7.78. The zero-order valence-corrected chi connectivity index (χ0v) is 11.5. The van der Waals surface area contributed by atoms with E-state index < -0.39 is 30.2 Å². The molecule has 0 rings (SSSR count). The van der Waals surface area contributed by atoms with Crippen LogP contribution in [-0.4, -0.2) is 40.3 Å². The summed E-state index contributed by atoms with van der Waals surface area (Å²) in [4.78, 5) is 23.1. The molecule has 0 saturated carbocycles. The van der Waals surface area contributed by atoms with E-state index in [1.165, 1.54) is 6.92 Å². The molecule has 0 aromatic heterocycles. The zero-order chi connectivity index (χ0) is 14.3. The molecule has 0 fully saturated rings. The molecule has 0 heterocycles. The quantitative estimate of drug-likeness (QED) is 0.503. The normalized spacial score (nSPS) is 17.7. The lowest BCUT2D eigenvalue weighted by molar-refractivity contribution is -0.157. The van der Waals surface area contributed by atoms with Crippen LogP contribution in [0.5, 0.6) is 0 Å². The summed E-state index contributed by atoms with van der Waals surface area (Å²) in [5.74, 6) is -1.59. The van der Waals surface area contributed by atoms with Gasteiger partial charge in [-0.25, -0.2) is 0 Å². The molecule has 0 spiro atoms. The van der Waals surface area contributed by atoms with Gasteiger partial charge in [-0.1, -0.05) is 20.8 Å². The summed E-state index contributed by atoms with van der Waals surface area (Å²) in [6.45, 7) is 6.67. The first kappa shape index (κ1) is 17.1. The maximum Gasteiger partial charge on any atom is 0.313 e. The van der Waals surface area contributed by atoms with Crippen molar-refractivity contribution in [3.05, 3.63) is 0 Å². The van der Waals surface area contributed by atoms with E-state index in [9.17, 15) is 19.8 Å². The predicted molar refractivity (Wildman–Crippen MR) is 66.9 cm³/mol. The largest absolute Gasteiger partial charge is 0.459 e. The van der Waals surface area contributed by atoms with Gasteiger partial charge in [0.25, 0.3) is 0 Å². The van der Waals surface area contributed by atoms with Gasteiger partial charge < -0.3 is 14.9 Å². The lowest BCUT2D eigenvalue weighted by Gasteiger charge is -2.21. The minimum absolute atomic E-state index is 0.351. The van der Waals surface area contributed by atoms with Gasteiger partial charge in [0, 0.05) is 5.92 Å². The van der Waals surface area contributed by atoms with Gasteiger partial charge in [0.05, 0.1) is 12.2 Å². The molecule has 0 aliphatic heterocycles. The van der Waals surface area contributed by atoms with Gasteiger partial charge >= 0.3 is 5.97 Å². The van der Waals surface area contributed by atoms with E-state index in [1.807, 2.05) is 0 Å². The average molecular weight is 260 g/mol. The van der Waals surface area contributed by atoms with Crippen molar-refractivity contribution in [1.82, 2.24) is 0 Å². The van der Waals surface area contributed by atoms with Crippen LogP contribution in [0.4, 0.5) is 0 Å². The molecule has 0 aliphatic rings. The molecule has 0 saturated heterocycles. The van der Waals surface area contributed by atoms with Gasteiger partial charge in [-0.15, -0.1) is 0 Å². The molecule has 0 aromatic rings. The molecule has 0 amide bonds. The third-order valence-electron chi connectivity index (χ3n) is 3.08. The van der Waals surface area contributed by atoms with E-state index in [-0.39, 0.29) is 12.2 Å². The number of esters is 1. The number of carbonyl (C=O) groups excluding carboxylic acids is 2. The van der Waals surface area contributed by atoms with E-state index in [2.05, 4.69) is 0 Å². The first-order valence-corrected chi connectivity index (χ1v) is 6.41. The highest BCUT2D eigenvalue weighted by Gasteiger charge is 2.25. The van der Waals surface area contributed by atoms with Crippen molar-refractivity contribution in [3.8, 4) is 0 Å². The van der Waals surface area contributed by atoms with Gasteiger partial charge in [-0.2, -0.15) is 0 Å². The molecular formula is C13H24O5. The number of Topliss-reactive ketones (excluding diaryl/α,β-unsaturated/α-hetero) is 1. The number of carbonyl (C=O) groups is 2. The van der Waals surface area contributed by atoms with Gasteiger partial charge in [-0.05, 0) is 19.8 Å². The Labute approximate surface area is 108 Å². The summed E-state index contributed by atoms with van der Waals surface area (Å²) >= 11 is 0. The summed E-state index contributed by atoms with van der Waals surface area (Å²) in [5.41, 5.74) is 0. The second-order valence-electron chi connectivity index (χ2n) is 4.58. The first-order valence-electron chi connectivity index (χ1n) is 6.41. The Morgan fingerprint density at radius 1 is 1.11 bits per heavy atom. The van der Waals surface area contributed by atoms with Crippen LogP contribution >= 0.6 is 0 Å². The highest BCUT2D eigenvalue weighted by atomic mass is 16.6. The third-order valence-corrected chi connectivity index (χ3v) is 3.08. The predicted octanol–water partition coefficient (Wildman–Crippen LogP) is 1.06. The van der Waals surface area contributed by atoms with Crippen molar-refractivity contribution in [2.45, 2.75) is 65.3 Å². The topological polar surface area (TPSA) is 83.8 Å². The molecule has 4 unspecified atom stereocenters. The molecule has 0 aliphatic carbocycles. The molecule has 5 heteroatoms. The Hall–Kier alpha value is -0.940. The summed E-state index contributed by atoms with van der Waals surface area (Å²) < 4.78 is 5.06. The molecule has 5 nitrogen and oxygen atoms in total. The Morgan fingerprint density at radius 2 is 1.67 bits per heavy atom. The minimum Gasteiger partial charge on any atom is -0.459 e. The fraction of sp³-hybridized carbons (Fsp3) is 0.846. The van der Waals surface area contributed by atoms with Crippen LogP contribution in [0.25, 0.3) is 0 Å². The van der Waals surface area contributed by atoms with Crippen molar-refractivity contribution in [2.75, 3.05) is 0 Å². The smallest absolute Gasteiger partial charge is 0.313 e. The van der Waals surface area contributed by atoms with E-state index in [1.54, 1.807) is 20.8 Å². The van der Waals surface area contributed by atoms with Crippen LogP contribution in [0, 0.1) is 5.92 Å². The van der Waals surface area contributed by atoms with Crippen molar-refractivity contribution >= 4 is 11.8 Å². The van der Waals surface area contributed by atoms with Crippen LogP contribution in [0.1, 0.15) is 47.0 Å². The number of rotatable bonds is 8. The summed E-state index contributed by atoms with van der Waals surface area (Å²) in [5, 5.41) is 18.8. The summed E-state index contributed by atoms with van der Waals surface area (Å²) in [6.07, 6.45) is -1.43. The van der Waals surface area contributed by atoms with Crippen LogP contribution < -0.4 is 0 Å². The fourth-order valence-corrected chi connectivity index (χ4v) is 1.48. The Bertz CT molecular complexity index is 275. The lowest BCUT2D eigenvalue weighted by Crippen LogP contribution is -2.32. The van der Waals surface area contributed by atoms with Gasteiger partial charge in [-0.3, -0.25) is 9.59 Å².